The van der Waals surface area contributed by atoms with Gasteiger partial charge in [-0.05, 0) is 56.2 Å². The molecule has 1 fully saturated rings. The van der Waals surface area contributed by atoms with Crippen LogP contribution in [-0.4, -0.2) is 39.8 Å². The maximum atomic E-state index is 13.9. The van der Waals surface area contributed by atoms with Gasteiger partial charge in [0.05, 0.1) is 21.6 Å². The third kappa shape index (κ3) is 3.84. The molecule has 0 aliphatic carbocycles. The largest absolute Gasteiger partial charge is 0.349 e. The van der Waals surface area contributed by atoms with E-state index >= 15 is 0 Å². The second-order valence-electron chi connectivity index (χ2n) is 7.84. The number of aryl methyl sites for hydroxylation is 1. The van der Waals surface area contributed by atoms with Gasteiger partial charge in [-0.1, -0.05) is 23.5 Å². The van der Waals surface area contributed by atoms with Crippen LogP contribution in [0.5, 0.6) is 0 Å². The molecule has 9 heteroatoms. The average Bonchev–Trinajstić information content (AvgIpc) is 3.36. The van der Waals surface area contributed by atoms with Gasteiger partial charge >= 0.3 is 0 Å². The summed E-state index contributed by atoms with van der Waals surface area (Å²) in [6.07, 6.45) is 1.50. The summed E-state index contributed by atoms with van der Waals surface area (Å²) < 4.78 is 29.9. The smallest absolute Gasteiger partial charge is 0.254 e. The Balaban J connectivity index is 1.29. The van der Waals surface area contributed by atoms with Crippen molar-refractivity contribution >= 4 is 32.7 Å². The quantitative estimate of drug-likeness (QED) is 0.495. The number of hydrogen-bond donors (Lipinski definition) is 1. The van der Waals surface area contributed by atoms with Crippen molar-refractivity contribution in [2.24, 2.45) is 0 Å². The monoisotopic (exact) mass is 453 g/mol. The fraction of sp³-hybridized carbons (Fsp3) is 0.261. The van der Waals surface area contributed by atoms with E-state index in [-0.39, 0.29) is 23.3 Å². The fourth-order valence-electron chi connectivity index (χ4n) is 3.94. The number of nitrogens with one attached hydrogen (secondary N) is 1. The molecule has 32 heavy (non-hydrogen) atoms. The van der Waals surface area contributed by atoms with Crippen LogP contribution in [0.4, 0.5) is 13.9 Å². The Labute approximate surface area is 187 Å². The highest BCUT2D eigenvalue weighted by molar-refractivity contribution is 7.22. The van der Waals surface area contributed by atoms with Crippen molar-refractivity contribution in [1.29, 1.82) is 0 Å². The Morgan fingerprint density at radius 1 is 1.09 bits per heavy atom. The molecule has 0 radical (unpaired) electrons. The second kappa shape index (κ2) is 8.31. The maximum Gasteiger partial charge on any atom is 0.254 e. The molecule has 1 aliphatic rings. The van der Waals surface area contributed by atoms with Gasteiger partial charge in [0.1, 0.15) is 11.6 Å². The van der Waals surface area contributed by atoms with Crippen molar-refractivity contribution < 1.29 is 13.6 Å². The number of thiazole rings is 1. The van der Waals surface area contributed by atoms with Gasteiger partial charge in [0.15, 0.2) is 10.8 Å². The highest BCUT2D eigenvalue weighted by Gasteiger charge is 2.25. The number of halogens is 2. The molecule has 3 heterocycles. The molecule has 0 bridgehead atoms. The first-order valence-corrected chi connectivity index (χ1v) is 11.2. The predicted molar refractivity (Wildman–Crippen MR) is 121 cm³/mol. The topological polar surface area (TPSA) is 63.1 Å². The zero-order valence-corrected chi connectivity index (χ0v) is 18.2. The van der Waals surface area contributed by atoms with E-state index in [0.717, 1.165) is 52.8 Å². The minimum absolute atomic E-state index is 0.0100. The number of carbonyl (C=O) groups excluding carboxylic acids is 1. The summed E-state index contributed by atoms with van der Waals surface area (Å²) in [6, 6.07) is 12.2. The van der Waals surface area contributed by atoms with Gasteiger partial charge in [-0.3, -0.25) is 4.79 Å². The van der Waals surface area contributed by atoms with Crippen molar-refractivity contribution in [2.75, 3.05) is 18.0 Å². The number of anilines is 1. The van der Waals surface area contributed by atoms with Gasteiger partial charge in [0.2, 0.25) is 0 Å². The third-order valence-electron chi connectivity index (χ3n) is 5.67. The van der Waals surface area contributed by atoms with Gasteiger partial charge < -0.3 is 10.2 Å². The molecule has 164 valence electrons. The minimum Gasteiger partial charge on any atom is -0.349 e. The van der Waals surface area contributed by atoms with Gasteiger partial charge in [-0.2, -0.15) is 10.1 Å². The Bertz CT molecular complexity index is 1280. The lowest BCUT2D eigenvalue weighted by molar-refractivity contribution is 0.0927. The van der Waals surface area contributed by atoms with E-state index in [0.29, 0.717) is 0 Å². The van der Waals surface area contributed by atoms with Crippen molar-refractivity contribution in [2.45, 2.75) is 25.8 Å². The van der Waals surface area contributed by atoms with Gasteiger partial charge in [-0.15, -0.1) is 0 Å². The summed E-state index contributed by atoms with van der Waals surface area (Å²) in [5.74, 6) is -1.18. The third-order valence-corrected chi connectivity index (χ3v) is 6.88. The molecule has 1 N–H and O–H groups in total. The highest BCUT2D eigenvalue weighted by atomic mass is 32.1. The lowest BCUT2D eigenvalue weighted by Crippen LogP contribution is -2.44. The van der Waals surface area contributed by atoms with Crippen LogP contribution in [0.15, 0.2) is 48.5 Å². The predicted octanol–water partition coefficient (Wildman–Crippen LogP) is 4.47. The van der Waals surface area contributed by atoms with Crippen LogP contribution in [0, 0.1) is 18.6 Å². The number of amides is 1. The van der Waals surface area contributed by atoms with E-state index in [2.05, 4.69) is 15.3 Å². The fourth-order valence-corrected chi connectivity index (χ4v) is 4.98. The Kier molecular flexibility index (Phi) is 5.34. The lowest BCUT2D eigenvalue weighted by atomic mass is 10.0. The maximum absolute atomic E-state index is 13.9. The normalized spacial score (nSPS) is 14.8. The summed E-state index contributed by atoms with van der Waals surface area (Å²) in [5, 5.41) is 8.41. The first-order chi connectivity index (χ1) is 15.5. The highest BCUT2D eigenvalue weighted by Crippen LogP contribution is 2.33. The zero-order valence-electron chi connectivity index (χ0n) is 17.4. The van der Waals surface area contributed by atoms with Crippen molar-refractivity contribution in [1.82, 2.24) is 20.1 Å². The molecule has 2 aromatic carbocycles. The molecule has 4 aromatic rings. The van der Waals surface area contributed by atoms with Gasteiger partial charge in [0.25, 0.3) is 5.91 Å². The van der Waals surface area contributed by atoms with E-state index in [4.69, 9.17) is 4.98 Å². The molecule has 1 aliphatic heterocycles. The first-order valence-electron chi connectivity index (χ1n) is 10.4. The number of benzene rings is 2. The molecule has 1 saturated heterocycles. The Hall–Kier alpha value is -3.33. The van der Waals surface area contributed by atoms with E-state index in [1.807, 2.05) is 6.92 Å². The summed E-state index contributed by atoms with van der Waals surface area (Å²) in [6.45, 7) is 3.41. The van der Waals surface area contributed by atoms with Gasteiger partial charge in [-0.25, -0.2) is 13.5 Å². The van der Waals surface area contributed by atoms with E-state index in [1.165, 1.54) is 24.3 Å². The molecule has 0 unspecified atom stereocenters. The number of piperidine rings is 1. The Morgan fingerprint density at radius 2 is 1.81 bits per heavy atom. The van der Waals surface area contributed by atoms with Gasteiger partial charge in [0, 0.05) is 19.1 Å². The van der Waals surface area contributed by atoms with Crippen LogP contribution in [0.2, 0.25) is 0 Å². The van der Waals surface area contributed by atoms with Crippen LogP contribution >= 0.6 is 11.3 Å². The molecule has 0 atom stereocenters. The number of hydrogen-bond acceptors (Lipinski definition) is 5. The number of carbonyl (C=O) groups is 1. The molecular weight excluding hydrogens is 432 g/mol. The van der Waals surface area contributed by atoms with Crippen molar-refractivity contribution in [3.63, 3.8) is 0 Å². The van der Waals surface area contributed by atoms with E-state index < -0.39 is 5.82 Å². The van der Waals surface area contributed by atoms with Crippen molar-refractivity contribution in [3.8, 4) is 5.69 Å². The lowest BCUT2D eigenvalue weighted by Gasteiger charge is -2.32. The molecule has 0 saturated carbocycles. The standard InChI is InChI=1S/C23H21F2N5OS/c1-14-20-21(30(28-14)17-8-6-15(24)7-9-17)27-23(32-20)29-12-10-16(11-13-29)26-22(31)18-4-2-3-5-19(18)25/h2-9,16H,10-13H2,1H3,(H,26,31). The molecular formula is C23H21F2N5OS. The molecule has 1 amide bonds. The molecule has 6 nitrogen and oxygen atoms in total. The van der Waals surface area contributed by atoms with E-state index in [1.54, 1.807) is 40.3 Å². The van der Waals surface area contributed by atoms with Crippen LogP contribution in [-0.2, 0) is 0 Å². The second-order valence-corrected chi connectivity index (χ2v) is 8.81. The molecule has 0 spiro atoms. The van der Waals surface area contributed by atoms with Crippen LogP contribution in [0.3, 0.4) is 0 Å². The van der Waals surface area contributed by atoms with Crippen LogP contribution in [0.1, 0.15) is 28.9 Å². The zero-order chi connectivity index (χ0) is 22.2. The number of rotatable bonds is 4. The first kappa shape index (κ1) is 20.6. The summed E-state index contributed by atoms with van der Waals surface area (Å²) in [7, 11) is 0. The Morgan fingerprint density at radius 3 is 2.53 bits per heavy atom. The number of aromatic nitrogens is 3. The molecule has 5 rings (SSSR count). The van der Waals surface area contributed by atoms with Crippen LogP contribution < -0.4 is 10.2 Å². The van der Waals surface area contributed by atoms with Crippen LogP contribution in [0.25, 0.3) is 16.0 Å². The summed E-state index contributed by atoms with van der Waals surface area (Å²) in [4.78, 5) is 19.4. The average molecular weight is 454 g/mol. The number of nitrogens with zero attached hydrogens (tertiary/aromatic N) is 4. The SMILES string of the molecule is Cc1nn(-c2ccc(F)cc2)c2nc(N3CCC(NC(=O)c4ccccc4F)CC3)sc12. The minimum atomic E-state index is -0.512. The number of fused-ring (bicyclic) bond motifs is 1. The molecule has 2 aromatic heterocycles. The summed E-state index contributed by atoms with van der Waals surface area (Å²) >= 11 is 1.58. The van der Waals surface area contributed by atoms with Crippen molar-refractivity contribution in [3.05, 3.63) is 71.4 Å². The summed E-state index contributed by atoms with van der Waals surface area (Å²) in [5.41, 5.74) is 2.46. The van der Waals surface area contributed by atoms with E-state index in [9.17, 15) is 13.6 Å².